The summed E-state index contributed by atoms with van der Waals surface area (Å²) < 4.78 is 0. The number of anilines is 1. The highest BCUT2D eigenvalue weighted by atomic mass is 32.1. The first-order chi connectivity index (χ1) is 11.5. The van der Waals surface area contributed by atoms with Gasteiger partial charge in [0, 0.05) is 4.88 Å². The maximum absolute atomic E-state index is 12.7. The van der Waals surface area contributed by atoms with Crippen LogP contribution in [0, 0.1) is 11.8 Å². The Morgan fingerprint density at radius 3 is 2.38 bits per heavy atom. The molecule has 0 saturated heterocycles. The van der Waals surface area contributed by atoms with Gasteiger partial charge in [0.25, 0.3) is 5.91 Å². The fourth-order valence-corrected chi connectivity index (χ4v) is 5.16. The highest BCUT2D eigenvalue weighted by molar-refractivity contribution is 7.17. The molecule has 2 atom stereocenters. The predicted molar refractivity (Wildman–Crippen MR) is 91.2 cm³/mol. The lowest BCUT2D eigenvalue weighted by atomic mass is 9.78. The summed E-state index contributed by atoms with van der Waals surface area (Å²) in [6.07, 6.45) is 6.57. The monoisotopic (exact) mass is 350 g/mol. The molecule has 0 radical (unpaired) electrons. The van der Waals surface area contributed by atoms with E-state index in [0.717, 1.165) is 49.0 Å². The van der Waals surface area contributed by atoms with Crippen molar-refractivity contribution < 1.29 is 19.5 Å². The summed E-state index contributed by atoms with van der Waals surface area (Å²) in [6.45, 7) is 0. The van der Waals surface area contributed by atoms with Gasteiger partial charge >= 0.3 is 5.97 Å². The second-order valence-electron chi connectivity index (χ2n) is 6.60. The van der Waals surface area contributed by atoms with Gasteiger partial charge in [-0.1, -0.05) is 12.8 Å². The third-order valence-electron chi connectivity index (χ3n) is 5.07. The Hall–Kier alpha value is -1.89. The van der Waals surface area contributed by atoms with Crippen LogP contribution in [-0.4, -0.2) is 22.9 Å². The summed E-state index contributed by atoms with van der Waals surface area (Å²) in [4.78, 5) is 37.0. The van der Waals surface area contributed by atoms with Gasteiger partial charge in [-0.25, -0.2) is 0 Å². The Bertz CT molecular complexity index is 682. The number of fused-ring (bicyclic) bond motifs is 1. The molecule has 3 rings (SSSR count). The van der Waals surface area contributed by atoms with E-state index in [-0.39, 0.29) is 5.91 Å². The Morgan fingerprint density at radius 1 is 1.04 bits per heavy atom. The van der Waals surface area contributed by atoms with Gasteiger partial charge in [0.2, 0.25) is 5.91 Å². The second kappa shape index (κ2) is 6.93. The number of carboxylic acid groups (broad SMARTS) is 1. The Morgan fingerprint density at radius 2 is 1.71 bits per heavy atom. The molecule has 2 amide bonds. The zero-order chi connectivity index (χ0) is 17.3. The van der Waals surface area contributed by atoms with Gasteiger partial charge < -0.3 is 16.2 Å². The smallest absolute Gasteiger partial charge is 0.307 e. The van der Waals surface area contributed by atoms with E-state index in [4.69, 9.17) is 5.73 Å². The van der Waals surface area contributed by atoms with E-state index >= 15 is 0 Å². The van der Waals surface area contributed by atoms with E-state index in [9.17, 15) is 19.5 Å². The number of carbonyl (C=O) groups excluding carboxylic acids is 2. The van der Waals surface area contributed by atoms with E-state index < -0.39 is 23.7 Å². The van der Waals surface area contributed by atoms with Crippen LogP contribution in [0.3, 0.4) is 0 Å². The quantitative estimate of drug-likeness (QED) is 0.775. The summed E-state index contributed by atoms with van der Waals surface area (Å²) in [7, 11) is 0. The van der Waals surface area contributed by atoms with Crippen LogP contribution >= 0.6 is 11.3 Å². The molecule has 1 aromatic rings. The molecule has 0 unspecified atom stereocenters. The van der Waals surface area contributed by atoms with E-state index in [2.05, 4.69) is 5.32 Å². The topological polar surface area (TPSA) is 109 Å². The standard InChI is InChI=1S/C17H22N2O4S/c18-14(20)13-11-7-3-4-8-12(11)24-16(13)19-15(21)9-5-1-2-6-10(9)17(22)23/h9-10H,1-8H2,(H2,18,20)(H,19,21)(H,22,23)/t9-,10-/m1/s1. The van der Waals surface area contributed by atoms with Crippen LogP contribution in [0.4, 0.5) is 5.00 Å². The largest absolute Gasteiger partial charge is 0.481 e. The van der Waals surface area contributed by atoms with Crippen molar-refractivity contribution in [2.45, 2.75) is 51.4 Å². The molecule has 2 aliphatic carbocycles. The van der Waals surface area contributed by atoms with Crippen LogP contribution in [-0.2, 0) is 22.4 Å². The highest BCUT2D eigenvalue weighted by Gasteiger charge is 2.36. The van der Waals surface area contributed by atoms with Crippen LogP contribution in [0.1, 0.15) is 59.3 Å². The van der Waals surface area contributed by atoms with Gasteiger partial charge in [-0.05, 0) is 44.1 Å². The molecule has 0 bridgehead atoms. The number of thiophene rings is 1. The number of aryl methyl sites for hydroxylation is 1. The van der Waals surface area contributed by atoms with Crippen LogP contribution < -0.4 is 11.1 Å². The molecular weight excluding hydrogens is 328 g/mol. The minimum Gasteiger partial charge on any atom is -0.481 e. The number of hydrogen-bond donors (Lipinski definition) is 3. The minimum absolute atomic E-state index is 0.303. The van der Waals surface area contributed by atoms with E-state index in [0.29, 0.717) is 23.4 Å². The molecule has 0 aliphatic heterocycles. The van der Waals surface area contributed by atoms with E-state index in [1.54, 1.807) is 0 Å². The van der Waals surface area contributed by atoms with Crippen molar-refractivity contribution in [3.8, 4) is 0 Å². The first kappa shape index (κ1) is 17.0. The van der Waals surface area contributed by atoms with E-state index in [1.807, 2.05) is 0 Å². The molecule has 1 fully saturated rings. The van der Waals surface area contributed by atoms with Gasteiger partial charge in [0.1, 0.15) is 5.00 Å². The fourth-order valence-electron chi connectivity index (χ4n) is 3.86. The van der Waals surface area contributed by atoms with Gasteiger partial charge in [-0.3, -0.25) is 14.4 Å². The number of nitrogens with two attached hydrogens (primary N) is 1. The maximum atomic E-state index is 12.7. The van der Waals surface area contributed by atoms with E-state index in [1.165, 1.54) is 11.3 Å². The second-order valence-corrected chi connectivity index (χ2v) is 7.71. The van der Waals surface area contributed by atoms with Gasteiger partial charge in [0.05, 0.1) is 17.4 Å². The average molecular weight is 350 g/mol. The molecule has 0 aromatic carbocycles. The van der Waals surface area contributed by atoms with Crippen molar-refractivity contribution in [1.82, 2.24) is 0 Å². The maximum Gasteiger partial charge on any atom is 0.307 e. The molecule has 24 heavy (non-hydrogen) atoms. The van der Waals surface area contributed by atoms with Gasteiger partial charge in [0.15, 0.2) is 0 Å². The lowest BCUT2D eigenvalue weighted by molar-refractivity contribution is -0.147. The number of aliphatic carboxylic acids is 1. The SMILES string of the molecule is NC(=O)c1c(NC(=O)[C@@H]2CCCC[C@H]2C(=O)O)sc2c1CCCC2. The highest BCUT2D eigenvalue weighted by Crippen LogP contribution is 2.39. The molecule has 1 aromatic heterocycles. The Balaban J connectivity index is 1.85. The van der Waals surface area contributed by atoms with Crippen molar-refractivity contribution in [3.63, 3.8) is 0 Å². The number of hydrogen-bond acceptors (Lipinski definition) is 4. The number of amides is 2. The summed E-state index contributed by atoms with van der Waals surface area (Å²) in [5.74, 6) is -2.94. The summed E-state index contributed by atoms with van der Waals surface area (Å²) in [6, 6.07) is 0. The first-order valence-corrected chi connectivity index (χ1v) is 9.28. The van der Waals surface area contributed by atoms with Gasteiger partial charge in [-0.2, -0.15) is 0 Å². The summed E-state index contributed by atoms with van der Waals surface area (Å²) in [5, 5.41) is 12.7. The first-order valence-electron chi connectivity index (χ1n) is 8.47. The van der Waals surface area contributed by atoms with Crippen LogP contribution in [0.5, 0.6) is 0 Å². The molecule has 130 valence electrons. The molecular formula is C17H22N2O4S. The minimum atomic E-state index is -0.921. The lowest BCUT2D eigenvalue weighted by Gasteiger charge is -2.27. The lowest BCUT2D eigenvalue weighted by Crippen LogP contribution is -2.36. The average Bonchev–Trinajstić information content (AvgIpc) is 2.92. The van der Waals surface area contributed by atoms with Crippen LogP contribution in [0.2, 0.25) is 0 Å². The zero-order valence-corrected chi connectivity index (χ0v) is 14.3. The molecule has 0 spiro atoms. The summed E-state index contributed by atoms with van der Waals surface area (Å²) >= 11 is 1.41. The number of rotatable bonds is 4. The van der Waals surface area contributed by atoms with Crippen molar-refractivity contribution in [2.24, 2.45) is 17.6 Å². The number of carboxylic acids is 1. The molecule has 4 N–H and O–H groups in total. The predicted octanol–water partition coefficient (Wildman–Crippen LogP) is 2.56. The normalized spacial score (nSPS) is 23.3. The number of nitrogens with one attached hydrogen (secondary N) is 1. The Kier molecular flexibility index (Phi) is 4.89. The third-order valence-corrected chi connectivity index (χ3v) is 6.28. The van der Waals surface area contributed by atoms with Crippen LogP contribution in [0.25, 0.3) is 0 Å². The molecule has 6 nitrogen and oxygen atoms in total. The molecule has 1 heterocycles. The van der Waals surface area contributed by atoms with Crippen molar-refractivity contribution in [1.29, 1.82) is 0 Å². The van der Waals surface area contributed by atoms with Gasteiger partial charge in [-0.15, -0.1) is 11.3 Å². The zero-order valence-electron chi connectivity index (χ0n) is 13.5. The van der Waals surface area contributed by atoms with Crippen molar-refractivity contribution in [2.75, 3.05) is 5.32 Å². The summed E-state index contributed by atoms with van der Waals surface area (Å²) in [5.41, 5.74) is 6.92. The van der Waals surface area contributed by atoms with Crippen LogP contribution in [0.15, 0.2) is 0 Å². The van der Waals surface area contributed by atoms with Crippen molar-refractivity contribution in [3.05, 3.63) is 16.0 Å². The van der Waals surface area contributed by atoms with Crippen molar-refractivity contribution >= 4 is 34.1 Å². The number of carbonyl (C=O) groups is 3. The molecule has 2 aliphatic rings. The third kappa shape index (κ3) is 3.17. The fraction of sp³-hybridized carbons (Fsp3) is 0.588. The number of primary amides is 1. The Labute approximate surface area is 144 Å². The molecule has 7 heteroatoms. The molecule has 1 saturated carbocycles.